The number of halogens is 3. The lowest BCUT2D eigenvalue weighted by Crippen LogP contribution is -2.49. The molecule has 0 bridgehead atoms. The summed E-state index contributed by atoms with van der Waals surface area (Å²) in [6.45, 7) is 8.34. The number of thiophene rings is 1. The second-order valence-electron chi connectivity index (χ2n) is 9.06. The second-order valence-corrected chi connectivity index (χ2v) is 12.5. The lowest BCUT2D eigenvalue weighted by atomic mass is 9.87. The molecular formula is C24H29Cl3N2O3S. The van der Waals surface area contributed by atoms with E-state index in [-0.39, 0.29) is 12.0 Å². The smallest absolute Gasteiger partial charge is 0.341 e. The highest BCUT2D eigenvalue weighted by Crippen LogP contribution is 2.41. The number of benzene rings is 1. The van der Waals surface area contributed by atoms with E-state index in [1.165, 1.54) is 11.3 Å². The van der Waals surface area contributed by atoms with Crippen molar-refractivity contribution in [1.29, 1.82) is 0 Å². The van der Waals surface area contributed by atoms with E-state index < -0.39 is 21.8 Å². The van der Waals surface area contributed by atoms with E-state index in [2.05, 4.69) is 31.4 Å². The largest absolute Gasteiger partial charge is 0.462 e. The first-order valence-electron chi connectivity index (χ1n) is 11.0. The maximum absolute atomic E-state index is 13.0. The van der Waals surface area contributed by atoms with Crippen LogP contribution in [-0.2, 0) is 23.0 Å². The standard InChI is InChI=1S/C24H29Cl3N2O3S/c1-5-32-21(31)18-16-8-6-7-9-17(16)33-20(18)29-22(24(25,26)27)28-19(30)14-10-12-15(13-11-14)23(2,3)4/h10-13,22,29H,5-9H2,1-4H3,(H,28,30)/t22-/m0/s1. The average Bonchev–Trinajstić information content (AvgIpc) is 3.10. The van der Waals surface area contributed by atoms with Gasteiger partial charge in [0, 0.05) is 10.4 Å². The number of amides is 1. The molecule has 1 aliphatic rings. The molecule has 0 saturated carbocycles. The lowest BCUT2D eigenvalue weighted by Gasteiger charge is -2.27. The molecule has 1 atom stereocenters. The maximum atomic E-state index is 13.0. The summed E-state index contributed by atoms with van der Waals surface area (Å²) in [7, 11) is 0. The molecule has 2 N–H and O–H groups in total. The van der Waals surface area contributed by atoms with Crippen molar-refractivity contribution >= 4 is 63.0 Å². The van der Waals surface area contributed by atoms with Crippen LogP contribution in [-0.4, -0.2) is 28.4 Å². The van der Waals surface area contributed by atoms with E-state index in [0.29, 0.717) is 16.1 Å². The highest BCUT2D eigenvalue weighted by Gasteiger charge is 2.37. The third kappa shape index (κ3) is 6.36. The Morgan fingerprint density at radius 1 is 1.09 bits per heavy atom. The van der Waals surface area contributed by atoms with E-state index in [4.69, 9.17) is 39.5 Å². The molecule has 2 aromatic rings. The third-order valence-electron chi connectivity index (χ3n) is 5.54. The molecule has 0 aliphatic heterocycles. The zero-order chi connectivity index (χ0) is 24.4. The van der Waals surface area contributed by atoms with Crippen LogP contribution in [0.5, 0.6) is 0 Å². The zero-order valence-corrected chi connectivity index (χ0v) is 22.3. The summed E-state index contributed by atoms with van der Waals surface area (Å²) in [5.74, 6) is -0.801. The molecule has 1 amide bonds. The quantitative estimate of drug-likeness (QED) is 0.249. The number of ether oxygens (including phenoxy) is 1. The molecule has 1 heterocycles. The third-order valence-corrected chi connectivity index (χ3v) is 7.42. The Labute approximate surface area is 214 Å². The van der Waals surface area contributed by atoms with Crippen LogP contribution in [0.15, 0.2) is 24.3 Å². The summed E-state index contributed by atoms with van der Waals surface area (Å²) in [6.07, 6.45) is 2.69. The maximum Gasteiger partial charge on any atom is 0.341 e. The van der Waals surface area contributed by atoms with Gasteiger partial charge < -0.3 is 15.4 Å². The Hall–Kier alpha value is -1.47. The van der Waals surface area contributed by atoms with E-state index in [0.717, 1.165) is 41.7 Å². The molecule has 0 radical (unpaired) electrons. The normalized spacial score (nSPS) is 14.9. The van der Waals surface area contributed by atoms with Gasteiger partial charge >= 0.3 is 5.97 Å². The van der Waals surface area contributed by atoms with Crippen LogP contribution in [0.2, 0.25) is 0 Å². The van der Waals surface area contributed by atoms with Gasteiger partial charge in [-0.15, -0.1) is 11.3 Å². The summed E-state index contributed by atoms with van der Waals surface area (Å²) >= 11 is 20.1. The monoisotopic (exact) mass is 530 g/mol. The number of aryl methyl sites for hydroxylation is 1. The van der Waals surface area contributed by atoms with Gasteiger partial charge in [-0.3, -0.25) is 4.79 Å². The van der Waals surface area contributed by atoms with Crippen molar-refractivity contribution in [3.05, 3.63) is 51.4 Å². The Morgan fingerprint density at radius 3 is 2.30 bits per heavy atom. The van der Waals surface area contributed by atoms with Crippen molar-refractivity contribution in [3.8, 4) is 0 Å². The van der Waals surface area contributed by atoms with Crippen LogP contribution >= 0.6 is 46.1 Å². The molecule has 0 fully saturated rings. The topological polar surface area (TPSA) is 67.4 Å². The molecule has 0 unspecified atom stereocenters. The van der Waals surface area contributed by atoms with Crippen molar-refractivity contribution in [3.63, 3.8) is 0 Å². The molecule has 33 heavy (non-hydrogen) atoms. The number of carbonyl (C=O) groups is 2. The minimum atomic E-state index is -1.86. The number of nitrogens with one attached hydrogen (secondary N) is 2. The fourth-order valence-electron chi connectivity index (χ4n) is 3.75. The molecule has 1 aromatic heterocycles. The van der Waals surface area contributed by atoms with Crippen molar-refractivity contribution in [2.45, 2.75) is 68.8 Å². The van der Waals surface area contributed by atoms with Crippen LogP contribution < -0.4 is 10.6 Å². The van der Waals surface area contributed by atoms with E-state index in [9.17, 15) is 9.59 Å². The van der Waals surface area contributed by atoms with Crippen LogP contribution in [0.3, 0.4) is 0 Å². The Bertz CT molecular complexity index is 1010. The molecular weight excluding hydrogens is 503 g/mol. The number of rotatable bonds is 6. The number of hydrogen-bond acceptors (Lipinski definition) is 5. The number of carbonyl (C=O) groups excluding carboxylic acids is 2. The number of hydrogen-bond donors (Lipinski definition) is 2. The predicted octanol–water partition coefficient (Wildman–Crippen LogP) is 6.64. The highest BCUT2D eigenvalue weighted by molar-refractivity contribution is 7.16. The molecule has 180 valence electrons. The first-order chi connectivity index (χ1) is 15.4. The van der Waals surface area contributed by atoms with Gasteiger partial charge in [-0.25, -0.2) is 4.79 Å². The number of fused-ring (bicyclic) bond motifs is 1. The van der Waals surface area contributed by atoms with E-state index >= 15 is 0 Å². The molecule has 1 aliphatic carbocycles. The molecule has 3 rings (SSSR count). The van der Waals surface area contributed by atoms with Crippen molar-refractivity contribution in [2.24, 2.45) is 0 Å². The molecule has 1 aromatic carbocycles. The Morgan fingerprint density at radius 2 is 1.73 bits per heavy atom. The summed E-state index contributed by atoms with van der Waals surface area (Å²) in [6, 6.07) is 7.33. The SMILES string of the molecule is CCOC(=O)c1c(N[C@H](NC(=O)c2ccc(C(C)(C)C)cc2)C(Cl)(Cl)Cl)sc2c1CCCC2. The summed E-state index contributed by atoms with van der Waals surface area (Å²) < 4.78 is 3.43. The Balaban J connectivity index is 1.87. The van der Waals surface area contributed by atoms with Gasteiger partial charge in [0.05, 0.1) is 12.2 Å². The fourth-order valence-corrected chi connectivity index (χ4v) is 5.39. The van der Waals surface area contributed by atoms with Gasteiger partial charge in [0.1, 0.15) is 11.2 Å². The highest BCUT2D eigenvalue weighted by atomic mass is 35.6. The minimum absolute atomic E-state index is 0.0293. The molecule has 0 saturated heterocycles. The van der Waals surface area contributed by atoms with Crippen LogP contribution in [0.1, 0.15) is 77.3 Å². The van der Waals surface area contributed by atoms with Crippen LogP contribution in [0.25, 0.3) is 0 Å². The minimum Gasteiger partial charge on any atom is -0.462 e. The Kier molecular flexibility index (Phi) is 8.26. The van der Waals surface area contributed by atoms with Crippen LogP contribution in [0, 0.1) is 0 Å². The average molecular weight is 532 g/mol. The first-order valence-corrected chi connectivity index (χ1v) is 12.9. The number of anilines is 1. The van der Waals surface area contributed by atoms with Crippen molar-refractivity contribution < 1.29 is 14.3 Å². The van der Waals surface area contributed by atoms with Crippen LogP contribution in [0.4, 0.5) is 5.00 Å². The molecule has 0 spiro atoms. The van der Waals surface area contributed by atoms with E-state index in [1.54, 1.807) is 19.1 Å². The van der Waals surface area contributed by atoms with Gasteiger partial charge in [-0.2, -0.15) is 0 Å². The first kappa shape index (κ1) is 26.1. The van der Waals surface area contributed by atoms with E-state index in [1.807, 2.05) is 12.1 Å². The second kappa shape index (κ2) is 10.4. The van der Waals surface area contributed by atoms with Gasteiger partial charge in [-0.1, -0.05) is 67.7 Å². The zero-order valence-electron chi connectivity index (χ0n) is 19.2. The number of alkyl halides is 3. The summed E-state index contributed by atoms with van der Waals surface area (Å²) in [4.78, 5) is 26.8. The molecule has 5 nitrogen and oxygen atoms in total. The summed E-state index contributed by atoms with van der Waals surface area (Å²) in [5, 5.41) is 6.42. The predicted molar refractivity (Wildman–Crippen MR) is 137 cm³/mol. The molecule has 9 heteroatoms. The van der Waals surface area contributed by atoms with Crippen molar-refractivity contribution in [2.75, 3.05) is 11.9 Å². The fraction of sp³-hybridized carbons (Fsp3) is 0.500. The van der Waals surface area contributed by atoms with Gasteiger partial charge in [0.25, 0.3) is 5.91 Å². The summed E-state index contributed by atoms with van der Waals surface area (Å²) in [5.41, 5.74) is 2.98. The lowest BCUT2D eigenvalue weighted by molar-refractivity contribution is 0.0526. The van der Waals surface area contributed by atoms with Crippen molar-refractivity contribution in [1.82, 2.24) is 5.32 Å². The van der Waals surface area contributed by atoms with Gasteiger partial charge in [0.2, 0.25) is 3.79 Å². The number of esters is 1. The van der Waals surface area contributed by atoms with Gasteiger partial charge in [0.15, 0.2) is 0 Å². The van der Waals surface area contributed by atoms with Gasteiger partial charge in [-0.05, 0) is 61.3 Å².